The lowest BCUT2D eigenvalue weighted by Crippen LogP contribution is -2.21. The van der Waals surface area contributed by atoms with E-state index < -0.39 is 0 Å². The van der Waals surface area contributed by atoms with Crippen LogP contribution in [0.2, 0.25) is 0 Å². The molecule has 0 aliphatic carbocycles. The summed E-state index contributed by atoms with van der Waals surface area (Å²) in [6, 6.07) is 0. The van der Waals surface area contributed by atoms with Crippen molar-refractivity contribution in [1.29, 1.82) is 0 Å². The molecule has 70 valence electrons. The molecule has 12 heavy (non-hydrogen) atoms. The fourth-order valence-corrected chi connectivity index (χ4v) is 0.881. The molecule has 0 fully saturated rings. The number of methoxy groups -OCH3 is 1. The average Bonchev–Trinajstić information content (AvgIpc) is 2.04. The van der Waals surface area contributed by atoms with E-state index in [0.717, 1.165) is 13.0 Å². The van der Waals surface area contributed by atoms with Gasteiger partial charge in [-0.1, -0.05) is 6.08 Å². The summed E-state index contributed by atoms with van der Waals surface area (Å²) in [7, 11) is 5.34. The van der Waals surface area contributed by atoms with Crippen molar-refractivity contribution in [3.05, 3.63) is 12.7 Å². The Morgan fingerprint density at radius 3 is 2.58 bits per heavy atom. The maximum Gasteiger partial charge on any atom is 0.312 e. The topological polar surface area (TPSA) is 29.5 Å². The normalized spacial score (nSPS) is 12.7. The third kappa shape index (κ3) is 4.13. The van der Waals surface area contributed by atoms with E-state index in [9.17, 15) is 4.79 Å². The van der Waals surface area contributed by atoms with Gasteiger partial charge >= 0.3 is 5.97 Å². The Morgan fingerprint density at radius 2 is 2.25 bits per heavy atom. The van der Waals surface area contributed by atoms with Crippen LogP contribution in [0.15, 0.2) is 12.7 Å². The quantitative estimate of drug-likeness (QED) is 0.455. The van der Waals surface area contributed by atoms with Gasteiger partial charge in [0.25, 0.3) is 0 Å². The zero-order chi connectivity index (χ0) is 9.56. The molecule has 0 aliphatic rings. The van der Waals surface area contributed by atoms with Crippen molar-refractivity contribution in [2.45, 2.75) is 6.42 Å². The van der Waals surface area contributed by atoms with Crippen LogP contribution in [-0.2, 0) is 9.53 Å². The number of hydrogen-bond donors (Lipinski definition) is 0. The van der Waals surface area contributed by atoms with Crippen molar-refractivity contribution >= 4 is 5.97 Å². The molecule has 0 amide bonds. The summed E-state index contributed by atoms with van der Waals surface area (Å²) in [5.74, 6) is -0.371. The van der Waals surface area contributed by atoms with E-state index in [-0.39, 0.29) is 11.9 Å². The summed E-state index contributed by atoms with van der Waals surface area (Å²) in [4.78, 5) is 13.1. The van der Waals surface area contributed by atoms with E-state index in [1.54, 1.807) is 6.08 Å². The van der Waals surface area contributed by atoms with Crippen molar-refractivity contribution in [3.8, 4) is 0 Å². The molecular formula is C9H17NO2. The van der Waals surface area contributed by atoms with Crippen LogP contribution in [0.4, 0.5) is 0 Å². The van der Waals surface area contributed by atoms with Crippen LogP contribution < -0.4 is 0 Å². The fourth-order valence-electron chi connectivity index (χ4n) is 0.881. The maximum absolute atomic E-state index is 11.0. The van der Waals surface area contributed by atoms with E-state index in [0.29, 0.717) is 0 Å². The van der Waals surface area contributed by atoms with Gasteiger partial charge in [-0.25, -0.2) is 0 Å². The zero-order valence-electron chi connectivity index (χ0n) is 8.04. The molecule has 0 saturated carbocycles. The van der Waals surface area contributed by atoms with E-state index in [1.165, 1.54) is 7.11 Å². The predicted octanol–water partition coefficient (Wildman–Crippen LogP) is 0.913. The second kappa shape index (κ2) is 5.77. The van der Waals surface area contributed by atoms with Crippen LogP contribution >= 0.6 is 0 Å². The summed E-state index contributed by atoms with van der Waals surface area (Å²) >= 11 is 0. The minimum Gasteiger partial charge on any atom is -0.469 e. The molecule has 0 saturated heterocycles. The molecular weight excluding hydrogens is 154 g/mol. The zero-order valence-corrected chi connectivity index (χ0v) is 8.04. The first-order valence-electron chi connectivity index (χ1n) is 3.97. The molecule has 0 radical (unpaired) electrons. The first-order valence-corrected chi connectivity index (χ1v) is 3.97. The highest BCUT2D eigenvalue weighted by Crippen LogP contribution is 2.06. The third-order valence-corrected chi connectivity index (χ3v) is 1.68. The molecule has 0 aliphatic heterocycles. The standard InChI is InChI=1S/C9H17NO2/c1-5-8(9(11)12-4)6-7-10(2)3/h5,8H,1,6-7H2,2-4H3. The van der Waals surface area contributed by atoms with Gasteiger partial charge in [0.05, 0.1) is 13.0 Å². The Kier molecular flexibility index (Phi) is 5.37. The lowest BCUT2D eigenvalue weighted by molar-refractivity contribution is -0.143. The molecule has 3 nitrogen and oxygen atoms in total. The van der Waals surface area contributed by atoms with Gasteiger partial charge in [-0.15, -0.1) is 6.58 Å². The van der Waals surface area contributed by atoms with Gasteiger partial charge in [-0.05, 0) is 27.1 Å². The number of carbonyl (C=O) groups excluding carboxylic acids is 1. The van der Waals surface area contributed by atoms with Gasteiger partial charge in [0, 0.05) is 0 Å². The average molecular weight is 171 g/mol. The van der Waals surface area contributed by atoms with Crippen LogP contribution in [0.3, 0.4) is 0 Å². The number of nitrogens with zero attached hydrogens (tertiary/aromatic N) is 1. The highest BCUT2D eigenvalue weighted by Gasteiger charge is 2.14. The van der Waals surface area contributed by atoms with E-state index in [2.05, 4.69) is 11.3 Å². The fraction of sp³-hybridized carbons (Fsp3) is 0.667. The van der Waals surface area contributed by atoms with Gasteiger partial charge in [-0.2, -0.15) is 0 Å². The molecule has 0 bridgehead atoms. The Labute approximate surface area is 74.0 Å². The van der Waals surface area contributed by atoms with Crippen molar-refractivity contribution in [2.24, 2.45) is 5.92 Å². The van der Waals surface area contributed by atoms with Crippen molar-refractivity contribution in [1.82, 2.24) is 4.90 Å². The molecule has 0 aromatic carbocycles. The highest BCUT2D eigenvalue weighted by atomic mass is 16.5. The summed E-state index contributed by atoms with van der Waals surface area (Å²) < 4.78 is 4.61. The lowest BCUT2D eigenvalue weighted by atomic mass is 10.1. The molecule has 0 aromatic rings. The number of esters is 1. The molecule has 0 spiro atoms. The van der Waals surface area contributed by atoms with Crippen molar-refractivity contribution in [3.63, 3.8) is 0 Å². The Balaban J connectivity index is 3.83. The highest BCUT2D eigenvalue weighted by molar-refractivity contribution is 5.74. The molecule has 3 heteroatoms. The SMILES string of the molecule is C=CC(CCN(C)C)C(=O)OC. The maximum atomic E-state index is 11.0. The summed E-state index contributed by atoms with van der Waals surface area (Å²) in [6.07, 6.45) is 2.40. The van der Waals surface area contributed by atoms with E-state index >= 15 is 0 Å². The Morgan fingerprint density at radius 1 is 1.67 bits per heavy atom. The van der Waals surface area contributed by atoms with Gasteiger partial charge in [0.2, 0.25) is 0 Å². The first-order chi connectivity index (χ1) is 5.61. The first kappa shape index (κ1) is 11.2. The molecule has 0 heterocycles. The number of ether oxygens (including phenoxy) is 1. The van der Waals surface area contributed by atoms with Crippen molar-refractivity contribution < 1.29 is 9.53 Å². The van der Waals surface area contributed by atoms with Gasteiger partial charge < -0.3 is 9.64 Å². The van der Waals surface area contributed by atoms with Gasteiger partial charge in [0.15, 0.2) is 0 Å². The van der Waals surface area contributed by atoms with Gasteiger partial charge in [0.1, 0.15) is 0 Å². The van der Waals surface area contributed by atoms with Gasteiger partial charge in [-0.3, -0.25) is 4.79 Å². The molecule has 1 atom stereocenters. The Hall–Kier alpha value is -0.830. The number of hydrogen-bond acceptors (Lipinski definition) is 3. The number of rotatable bonds is 5. The molecule has 0 N–H and O–H groups in total. The summed E-state index contributed by atoms with van der Waals surface area (Å²) in [5, 5.41) is 0. The minimum absolute atomic E-state index is 0.169. The predicted molar refractivity (Wildman–Crippen MR) is 48.9 cm³/mol. The third-order valence-electron chi connectivity index (χ3n) is 1.68. The van der Waals surface area contributed by atoms with E-state index in [1.807, 2.05) is 19.0 Å². The monoisotopic (exact) mass is 171 g/mol. The smallest absolute Gasteiger partial charge is 0.312 e. The second-order valence-corrected chi connectivity index (χ2v) is 2.96. The minimum atomic E-state index is -0.202. The molecule has 0 rings (SSSR count). The summed E-state index contributed by atoms with van der Waals surface area (Å²) in [5.41, 5.74) is 0. The largest absolute Gasteiger partial charge is 0.469 e. The van der Waals surface area contributed by atoms with Crippen molar-refractivity contribution in [2.75, 3.05) is 27.7 Å². The second-order valence-electron chi connectivity index (χ2n) is 2.96. The van der Waals surface area contributed by atoms with Crippen LogP contribution in [-0.4, -0.2) is 38.6 Å². The van der Waals surface area contributed by atoms with Crippen LogP contribution in [0, 0.1) is 5.92 Å². The molecule has 1 unspecified atom stereocenters. The van der Waals surface area contributed by atoms with Crippen LogP contribution in [0.1, 0.15) is 6.42 Å². The Bertz CT molecular complexity index is 155. The lowest BCUT2D eigenvalue weighted by Gasteiger charge is -2.13. The van der Waals surface area contributed by atoms with Crippen LogP contribution in [0.25, 0.3) is 0 Å². The summed E-state index contributed by atoms with van der Waals surface area (Å²) in [6.45, 7) is 4.46. The molecule has 0 aromatic heterocycles. The van der Waals surface area contributed by atoms with E-state index in [4.69, 9.17) is 0 Å². The number of carbonyl (C=O) groups is 1. The van der Waals surface area contributed by atoms with Crippen LogP contribution in [0.5, 0.6) is 0 Å².